The Morgan fingerprint density at radius 1 is 0.760 bits per heavy atom. The van der Waals surface area contributed by atoms with Crippen molar-refractivity contribution in [2.75, 3.05) is 20.2 Å². The zero-order valence-corrected chi connectivity index (χ0v) is 26.8. The van der Waals surface area contributed by atoms with Gasteiger partial charge in [0.05, 0.1) is 18.3 Å². The number of rotatable bonds is 11. The summed E-state index contributed by atoms with van der Waals surface area (Å²) in [5, 5.41) is 58.7. The van der Waals surface area contributed by atoms with Crippen LogP contribution in [0.1, 0.15) is 16.7 Å². The molecule has 0 saturated carbocycles. The summed E-state index contributed by atoms with van der Waals surface area (Å²) in [6, 6.07) is 25.3. The van der Waals surface area contributed by atoms with Gasteiger partial charge in [0.2, 0.25) is 0 Å². The maximum atomic E-state index is 12.8. The number of alkyl halides is 3. The van der Waals surface area contributed by atoms with Gasteiger partial charge in [-0.1, -0.05) is 60.7 Å². The molecule has 4 unspecified atom stereocenters. The topological polar surface area (TPSA) is 184 Å². The third-order valence-electron chi connectivity index (χ3n) is 7.90. The van der Waals surface area contributed by atoms with Crippen LogP contribution in [0.25, 0.3) is 33.1 Å². The number of aliphatic hydroxyl groups excluding tert-OH is 5. The van der Waals surface area contributed by atoms with Crippen molar-refractivity contribution in [3.8, 4) is 11.1 Å². The molecule has 0 aliphatic rings. The van der Waals surface area contributed by atoms with Gasteiger partial charge in [-0.25, -0.2) is 4.79 Å². The second kappa shape index (κ2) is 16.7. The Morgan fingerprint density at radius 3 is 1.86 bits per heavy atom. The van der Waals surface area contributed by atoms with Crippen LogP contribution in [0.3, 0.4) is 0 Å². The van der Waals surface area contributed by atoms with Gasteiger partial charge in [0.1, 0.15) is 29.5 Å². The number of aliphatic carboxylic acids is 1. The number of halogens is 3. The van der Waals surface area contributed by atoms with Crippen LogP contribution in [-0.2, 0) is 28.9 Å². The van der Waals surface area contributed by atoms with E-state index in [4.69, 9.17) is 24.8 Å². The van der Waals surface area contributed by atoms with Crippen molar-refractivity contribution >= 4 is 33.8 Å². The van der Waals surface area contributed by atoms with Crippen LogP contribution >= 0.6 is 0 Å². The van der Waals surface area contributed by atoms with E-state index in [1.54, 1.807) is 19.2 Å². The third kappa shape index (κ3) is 9.44. The largest absolute Gasteiger partial charge is 0.474 e. The standard InChI is InChI=1S/C29H20F3NO4.C7H17NO5/c30-29(31,32)22-12-7-19(8-13-22)17-33(27(34)28(35)36)16-18-5-9-20(10-6-18)21-11-14-26-24(15-21)23-3-1-2-4-25(23)37-26;1-8-2-4(10)6(12)7(13)5(11)3-9/h1-15H,16-17H2,(H,35,36);4-13H,2-3H2,1H3. The lowest BCUT2D eigenvalue weighted by molar-refractivity contribution is -0.156. The van der Waals surface area contributed by atoms with Crippen molar-refractivity contribution < 1.29 is 57.8 Å². The van der Waals surface area contributed by atoms with Gasteiger partial charge in [-0.2, -0.15) is 13.2 Å². The Labute approximate surface area is 284 Å². The van der Waals surface area contributed by atoms with Crippen molar-refractivity contribution in [2.45, 2.75) is 43.7 Å². The summed E-state index contributed by atoms with van der Waals surface area (Å²) in [4.78, 5) is 24.8. The number of nitrogens with zero attached hydrogens (tertiary/aromatic N) is 1. The molecule has 50 heavy (non-hydrogen) atoms. The first-order chi connectivity index (χ1) is 23.7. The number of hydrogen-bond donors (Lipinski definition) is 7. The first kappa shape index (κ1) is 38.0. The molecular formula is C36H37F3N2O9. The molecular weight excluding hydrogens is 661 g/mol. The smallest absolute Gasteiger partial charge is 0.416 e. The van der Waals surface area contributed by atoms with Gasteiger partial charge in [0, 0.05) is 30.4 Å². The van der Waals surface area contributed by atoms with Crippen molar-refractivity contribution in [3.63, 3.8) is 0 Å². The lowest BCUT2D eigenvalue weighted by Crippen LogP contribution is -2.48. The molecule has 5 rings (SSSR count). The predicted octanol–water partition coefficient (Wildman–Crippen LogP) is 3.53. The molecule has 266 valence electrons. The molecule has 0 spiro atoms. The number of aliphatic hydroxyl groups is 5. The number of carboxylic acids is 1. The van der Waals surface area contributed by atoms with E-state index in [1.165, 1.54) is 12.1 Å². The first-order valence-electron chi connectivity index (χ1n) is 15.4. The zero-order chi connectivity index (χ0) is 36.6. The number of benzene rings is 4. The Balaban J connectivity index is 0.000000369. The Morgan fingerprint density at radius 2 is 1.30 bits per heavy atom. The second-order valence-electron chi connectivity index (χ2n) is 11.5. The number of carbonyl (C=O) groups is 2. The lowest BCUT2D eigenvalue weighted by atomic mass is 10.0. The molecule has 5 aromatic rings. The monoisotopic (exact) mass is 698 g/mol. The number of carboxylic acid groups (broad SMARTS) is 1. The normalized spacial score (nSPS) is 14.0. The number of furan rings is 1. The predicted molar refractivity (Wildman–Crippen MR) is 178 cm³/mol. The molecule has 4 aromatic carbocycles. The van der Waals surface area contributed by atoms with Crippen LogP contribution in [0.4, 0.5) is 13.2 Å². The number of fused-ring (bicyclic) bond motifs is 3. The third-order valence-corrected chi connectivity index (χ3v) is 7.90. The van der Waals surface area contributed by atoms with Crippen molar-refractivity contribution in [1.29, 1.82) is 0 Å². The van der Waals surface area contributed by atoms with Crippen molar-refractivity contribution in [3.05, 3.63) is 108 Å². The van der Waals surface area contributed by atoms with Gasteiger partial charge >= 0.3 is 18.1 Å². The van der Waals surface area contributed by atoms with Crippen LogP contribution in [0.2, 0.25) is 0 Å². The van der Waals surface area contributed by atoms with Crippen LogP contribution < -0.4 is 5.32 Å². The summed E-state index contributed by atoms with van der Waals surface area (Å²) in [6.07, 6.45) is -10.1. The van der Waals surface area contributed by atoms with E-state index in [9.17, 15) is 33.0 Å². The fraction of sp³-hybridized carbons (Fsp3) is 0.278. The Bertz CT molecular complexity index is 1880. The molecule has 0 bridgehead atoms. The summed E-state index contributed by atoms with van der Waals surface area (Å²) < 4.78 is 44.4. The summed E-state index contributed by atoms with van der Waals surface area (Å²) in [5.74, 6) is -2.77. The van der Waals surface area contributed by atoms with E-state index in [0.717, 1.165) is 50.1 Å². The zero-order valence-electron chi connectivity index (χ0n) is 26.8. The molecule has 0 aliphatic heterocycles. The number of carbonyl (C=O) groups excluding carboxylic acids is 1. The molecule has 7 N–H and O–H groups in total. The molecule has 1 amide bonds. The SMILES string of the molecule is CNCC(O)C(O)C(O)C(O)CO.O=C(O)C(=O)N(Cc1ccc(-c2ccc3oc4ccccc4c3c2)cc1)Cc1ccc(C(F)(F)F)cc1. The highest BCUT2D eigenvalue weighted by molar-refractivity contribution is 6.31. The van der Waals surface area contributed by atoms with E-state index >= 15 is 0 Å². The van der Waals surface area contributed by atoms with Crippen LogP contribution in [0.15, 0.2) is 95.4 Å². The summed E-state index contributed by atoms with van der Waals surface area (Å²) in [7, 11) is 1.57. The number of para-hydroxylation sites is 1. The average Bonchev–Trinajstić information content (AvgIpc) is 3.48. The minimum absolute atomic E-state index is 0.0160. The van der Waals surface area contributed by atoms with Crippen LogP contribution in [0, 0.1) is 0 Å². The fourth-order valence-corrected chi connectivity index (χ4v) is 5.18. The number of nitrogens with one attached hydrogen (secondary N) is 1. The van der Waals surface area contributed by atoms with E-state index in [2.05, 4.69) is 5.32 Å². The van der Waals surface area contributed by atoms with Gasteiger partial charge in [0.25, 0.3) is 0 Å². The van der Waals surface area contributed by atoms with Gasteiger partial charge in [-0.3, -0.25) is 4.79 Å². The average molecular weight is 699 g/mol. The summed E-state index contributed by atoms with van der Waals surface area (Å²) in [5.41, 5.74) is 3.74. The summed E-state index contributed by atoms with van der Waals surface area (Å²) in [6.45, 7) is -0.728. The van der Waals surface area contributed by atoms with Crippen molar-refractivity contribution in [2.24, 2.45) is 0 Å². The highest BCUT2D eigenvalue weighted by Gasteiger charge is 2.31. The second-order valence-corrected chi connectivity index (χ2v) is 11.5. The highest BCUT2D eigenvalue weighted by Crippen LogP contribution is 2.33. The molecule has 14 heteroatoms. The first-order valence-corrected chi connectivity index (χ1v) is 15.4. The molecule has 1 heterocycles. The molecule has 1 aromatic heterocycles. The van der Waals surface area contributed by atoms with E-state index < -0.39 is 54.6 Å². The van der Waals surface area contributed by atoms with Gasteiger partial charge in [0.15, 0.2) is 0 Å². The lowest BCUT2D eigenvalue weighted by Gasteiger charge is -2.25. The van der Waals surface area contributed by atoms with Gasteiger partial charge in [-0.15, -0.1) is 0 Å². The van der Waals surface area contributed by atoms with Crippen molar-refractivity contribution in [1.82, 2.24) is 10.2 Å². The Kier molecular flexibility index (Phi) is 12.7. The van der Waals surface area contributed by atoms with E-state index in [-0.39, 0.29) is 19.6 Å². The molecule has 11 nitrogen and oxygen atoms in total. The maximum absolute atomic E-state index is 12.8. The van der Waals surface area contributed by atoms with E-state index in [1.807, 2.05) is 54.6 Å². The van der Waals surface area contributed by atoms with Gasteiger partial charge in [-0.05, 0) is 59.6 Å². The molecule has 0 saturated heterocycles. The molecule has 0 radical (unpaired) electrons. The minimum atomic E-state index is -4.48. The summed E-state index contributed by atoms with van der Waals surface area (Å²) >= 11 is 0. The van der Waals surface area contributed by atoms with Crippen LogP contribution in [-0.4, -0.2) is 92.0 Å². The maximum Gasteiger partial charge on any atom is 0.416 e. The van der Waals surface area contributed by atoms with Crippen LogP contribution in [0.5, 0.6) is 0 Å². The van der Waals surface area contributed by atoms with E-state index in [0.29, 0.717) is 11.1 Å². The fourth-order valence-electron chi connectivity index (χ4n) is 5.18. The minimum Gasteiger partial charge on any atom is -0.474 e. The number of amides is 1. The molecule has 4 atom stereocenters. The molecule has 0 aliphatic carbocycles. The van der Waals surface area contributed by atoms with Gasteiger partial charge < -0.3 is 45.3 Å². The highest BCUT2D eigenvalue weighted by atomic mass is 19.4. The number of hydrogen-bond acceptors (Lipinski definition) is 9. The Hall–Kier alpha value is -4.83. The quantitative estimate of drug-likeness (QED) is 0.101. The number of likely N-dealkylation sites (N-methyl/N-ethyl adjacent to an activating group) is 1. The molecule has 0 fully saturated rings.